The van der Waals surface area contributed by atoms with E-state index in [0.29, 0.717) is 18.4 Å². The number of benzene rings is 1. The van der Waals surface area contributed by atoms with Gasteiger partial charge in [0.05, 0.1) is 11.2 Å². The number of piperidine rings is 1. The summed E-state index contributed by atoms with van der Waals surface area (Å²) in [4.78, 5) is 0. The van der Waals surface area contributed by atoms with Gasteiger partial charge in [0, 0.05) is 12.1 Å². The second kappa shape index (κ2) is 4.21. The summed E-state index contributed by atoms with van der Waals surface area (Å²) >= 11 is 0. The SMILES string of the molecule is OC1(c2cccc(C(F)(F)F)c2)C[C@H]2CC[C@@H](C1)N2. The maximum absolute atomic E-state index is 12.7. The predicted octanol–water partition coefficient (Wildman–Crippen LogP) is 2.81. The van der Waals surface area contributed by atoms with E-state index in [9.17, 15) is 18.3 Å². The molecule has 0 aliphatic carbocycles. The molecule has 0 aromatic heterocycles. The van der Waals surface area contributed by atoms with Crippen molar-refractivity contribution < 1.29 is 18.3 Å². The van der Waals surface area contributed by atoms with Gasteiger partial charge in [-0.15, -0.1) is 0 Å². The number of fused-ring (bicyclic) bond motifs is 2. The third-order valence-electron chi connectivity index (χ3n) is 4.23. The summed E-state index contributed by atoms with van der Waals surface area (Å²) in [5, 5.41) is 14.1. The van der Waals surface area contributed by atoms with Crippen LogP contribution in [0.3, 0.4) is 0 Å². The zero-order valence-electron chi connectivity index (χ0n) is 10.4. The maximum Gasteiger partial charge on any atom is 0.416 e. The van der Waals surface area contributed by atoms with Crippen LogP contribution in [0.5, 0.6) is 0 Å². The number of alkyl halides is 3. The van der Waals surface area contributed by atoms with Gasteiger partial charge in [0.2, 0.25) is 0 Å². The number of nitrogens with one attached hydrogen (secondary N) is 1. The molecular weight excluding hydrogens is 255 g/mol. The highest BCUT2D eigenvalue weighted by Crippen LogP contribution is 2.42. The number of aliphatic hydroxyl groups is 1. The minimum Gasteiger partial charge on any atom is -0.385 e. The number of hydrogen-bond donors (Lipinski definition) is 2. The summed E-state index contributed by atoms with van der Waals surface area (Å²) in [6.07, 6.45) is -1.40. The molecule has 2 aliphatic heterocycles. The first-order valence-corrected chi connectivity index (χ1v) is 6.53. The molecule has 2 N–H and O–H groups in total. The number of halogens is 3. The molecule has 5 heteroatoms. The van der Waals surface area contributed by atoms with E-state index in [1.807, 2.05) is 0 Å². The first-order valence-electron chi connectivity index (χ1n) is 6.53. The molecule has 0 spiro atoms. The molecule has 2 fully saturated rings. The molecule has 0 amide bonds. The summed E-state index contributed by atoms with van der Waals surface area (Å²) in [6.45, 7) is 0. The minimum atomic E-state index is -4.36. The van der Waals surface area contributed by atoms with Crippen LogP contribution in [0.15, 0.2) is 24.3 Å². The zero-order chi connectivity index (χ0) is 13.7. The highest BCUT2D eigenvalue weighted by molar-refractivity contribution is 5.31. The lowest BCUT2D eigenvalue weighted by atomic mass is 9.81. The Labute approximate surface area is 109 Å². The number of rotatable bonds is 1. The molecule has 2 aliphatic rings. The molecule has 3 rings (SSSR count). The van der Waals surface area contributed by atoms with Crippen molar-refractivity contribution in [2.75, 3.05) is 0 Å². The normalized spacial score (nSPS) is 34.5. The van der Waals surface area contributed by atoms with Crippen LogP contribution < -0.4 is 5.32 Å². The maximum atomic E-state index is 12.7. The fourth-order valence-corrected chi connectivity index (χ4v) is 3.34. The first-order chi connectivity index (χ1) is 8.87. The zero-order valence-corrected chi connectivity index (χ0v) is 10.4. The largest absolute Gasteiger partial charge is 0.416 e. The molecule has 2 saturated heterocycles. The van der Waals surface area contributed by atoms with Gasteiger partial charge in [0.25, 0.3) is 0 Å². The van der Waals surface area contributed by atoms with Crippen molar-refractivity contribution in [1.82, 2.24) is 5.32 Å². The minimum absolute atomic E-state index is 0.221. The summed E-state index contributed by atoms with van der Waals surface area (Å²) in [7, 11) is 0. The molecule has 0 saturated carbocycles. The van der Waals surface area contributed by atoms with Gasteiger partial charge < -0.3 is 10.4 Å². The molecule has 2 bridgehead atoms. The van der Waals surface area contributed by atoms with E-state index in [0.717, 1.165) is 25.0 Å². The Morgan fingerprint density at radius 1 is 1.16 bits per heavy atom. The summed E-state index contributed by atoms with van der Waals surface area (Å²) in [6, 6.07) is 5.55. The molecule has 2 nitrogen and oxygen atoms in total. The monoisotopic (exact) mass is 271 g/mol. The second-order valence-corrected chi connectivity index (χ2v) is 5.66. The van der Waals surface area contributed by atoms with Crippen molar-refractivity contribution in [3.8, 4) is 0 Å². The van der Waals surface area contributed by atoms with Crippen LogP contribution in [0.25, 0.3) is 0 Å². The van der Waals surface area contributed by atoms with Crippen LogP contribution in [0.1, 0.15) is 36.8 Å². The summed E-state index contributed by atoms with van der Waals surface area (Å²) in [5.74, 6) is 0. The quantitative estimate of drug-likeness (QED) is 0.823. The van der Waals surface area contributed by atoms with Gasteiger partial charge in [0.15, 0.2) is 0 Å². The van der Waals surface area contributed by atoms with Gasteiger partial charge in [0.1, 0.15) is 0 Å². The molecule has 2 heterocycles. The van der Waals surface area contributed by atoms with Crippen molar-refractivity contribution in [1.29, 1.82) is 0 Å². The predicted molar refractivity (Wildman–Crippen MR) is 64.5 cm³/mol. The van der Waals surface area contributed by atoms with Crippen molar-refractivity contribution >= 4 is 0 Å². The highest BCUT2D eigenvalue weighted by atomic mass is 19.4. The lowest BCUT2D eigenvalue weighted by Crippen LogP contribution is -2.46. The first kappa shape index (κ1) is 12.9. The Morgan fingerprint density at radius 2 is 1.79 bits per heavy atom. The van der Waals surface area contributed by atoms with Gasteiger partial charge in [-0.3, -0.25) is 0 Å². The van der Waals surface area contributed by atoms with E-state index in [-0.39, 0.29) is 12.1 Å². The molecule has 104 valence electrons. The molecule has 19 heavy (non-hydrogen) atoms. The Hall–Kier alpha value is -1.07. The Morgan fingerprint density at radius 3 is 2.37 bits per heavy atom. The lowest BCUT2D eigenvalue weighted by molar-refractivity contribution is -0.137. The smallest absolute Gasteiger partial charge is 0.385 e. The topological polar surface area (TPSA) is 32.3 Å². The Kier molecular flexibility index (Phi) is 2.87. The van der Waals surface area contributed by atoms with E-state index in [1.54, 1.807) is 6.07 Å². The third kappa shape index (κ3) is 2.37. The fourth-order valence-electron chi connectivity index (χ4n) is 3.34. The van der Waals surface area contributed by atoms with Crippen LogP contribution in [0.4, 0.5) is 13.2 Å². The van der Waals surface area contributed by atoms with Crippen molar-refractivity contribution in [2.24, 2.45) is 0 Å². The van der Waals surface area contributed by atoms with Crippen LogP contribution in [-0.2, 0) is 11.8 Å². The van der Waals surface area contributed by atoms with Crippen molar-refractivity contribution in [3.05, 3.63) is 35.4 Å². The highest BCUT2D eigenvalue weighted by Gasteiger charge is 2.44. The van der Waals surface area contributed by atoms with Crippen LogP contribution in [0.2, 0.25) is 0 Å². The van der Waals surface area contributed by atoms with E-state index in [2.05, 4.69) is 5.32 Å². The van der Waals surface area contributed by atoms with Crippen LogP contribution in [-0.4, -0.2) is 17.2 Å². The number of hydrogen-bond acceptors (Lipinski definition) is 2. The average Bonchev–Trinajstić information content (AvgIpc) is 2.68. The third-order valence-corrected chi connectivity index (χ3v) is 4.23. The standard InChI is InChI=1S/C14H16F3NO/c15-14(16,17)10-3-1-2-9(6-10)13(19)7-11-4-5-12(8-13)18-11/h1-3,6,11-12,18-19H,4-5,7-8H2/t11-,12+,13?. The average molecular weight is 271 g/mol. The molecule has 1 unspecified atom stereocenters. The van der Waals surface area contributed by atoms with Crippen molar-refractivity contribution in [2.45, 2.75) is 49.5 Å². The molecule has 3 atom stereocenters. The Bertz CT molecular complexity index is 474. The summed E-state index contributed by atoms with van der Waals surface area (Å²) < 4.78 is 38.2. The fraction of sp³-hybridized carbons (Fsp3) is 0.571. The van der Waals surface area contributed by atoms with Crippen LogP contribution >= 0.6 is 0 Å². The van der Waals surface area contributed by atoms with Crippen LogP contribution in [0, 0.1) is 0 Å². The Balaban J connectivity index is 1.93. The van der Waals surface area contributed by atoms with Gasteiger partial charge in [-0.1, -0.05) is 12.1 Å². The van der Waals surface area contributed by atoms with E-state index < -0.39 is 17.3 Å². The van der Waals surface area contributed by atoms with E-state index in [1.165, 1.54) is 6.07 Å². The second-order valence-electron chi connectivity index (χ2n) is 5.66. The van der Waals surface area contributed by atoms with E-state index in [4.69, 9.17) is 0 Å². The molecule has 0 radical (unpaired) electrons. The lowest BCUT2D eigenvalue weighted by Gasteiger charge is -2.37. The van der Waals surface area contributed by atoms with Gasteiger partial charge in [-0.2, -0.15) is 13.2 Å². The van der Waals surface area contributed by atoms with E-state index >= 15 is 0 Å². The van der Waals surface area contributed by atoms with Crippen molar-refractivity contribution in [3.63, 3.8) is 0 Å². The van der Waals surface area contributed by atoms with Gasteiger partial charge in [-0.05, 0) is 43.4 Å². The molecule has 1 aromatic rings. The molecule has 1 aromatic carbocycles. The molecular formula is C14H16F3NO. The van der Waals surface area contributed by atoms with Gasteiger partial charge >= 0.3 is 6.18 Å². The van der Waals surface area contributed by atoms with Gasteiger partial charge in [-0.25, -0.2) is 0 Å². The summed E-state index contributed by atoms with van der Waals surface area (Å²) in [5.41, 5.74) is -1.43.